The first-order valence-electron chi connectivity index (χ1n) is 31.5. The van der Waals surface area contributed by atoms with E-state index in [1.165, 1.54) is 244 Å². The highest BCUT2D eigenvalue weighted by Gasteiger charge is 2.22. The van der Waals surface area contributed by atoms with Crippen molar-refractivity contribution in [2.24, 2.45) is 0 Å². The van der Waals surface area contributed by atoms with E-state index in [2.05, 4.69) is 38.2 Å². The number of carbonyl (C=O) groups is 2. The summed E-state index contributed by atoms with van der Waals surface area (Å²) in [5.41, 5.74) is 0. The van der Waals surface area contributed by atoms with Gasteiger partial charge in [-0.15, -0.1) is 0 Å². The molecule has 0 heterocycles. The van der Waals surface area contributed by atoms with Gasteiger partial charge in [0.25, 0.3) is 7.82 Å². The second-order valence-corrected chi connectivity index (χ2v) is 24.2. The van der Waals surface area contributed by atoms with Crippen molar-refractivity contribution in [3.05, 3.63) is 24.3 Å². The quantitative estimate of drug-likeness (QED) is 0.0195. The van der Waals surface area contributed by atoms with E-state index in [0.717, 1.165) is 38.5 Å². The van der Waals surface area contributed by atoms with E-state index in [-0.39, 0.29) is 32.0 Å². The molecule has 0 amide bonds. The summed E-state index contributed by atoms with van der Waals surface area (Å²) in [6.45, 7) is 4.29. The van der Waals surface area contributed by atoms with Gasteiger partial charge in [0.15, 0.2) is 6.10 Å². The lowest BCUT2D eigenvalue weighted by Crippen LogP contribution is -2.37. The van der Waals surface area contributed by atoms with Crippen molar-refractivity contribution in [3.63, 3.8) is 0 Å². The lowest BCUT2D eigenvalue weighted by molar-refractivity contribution is -0.870. The Kier molecular flexibility index (Phi) is 54.1. The fraction of sp³-hybridized carbons (Fsp3) is 0.905. The van der Waals surface area contributed by atoms with E-state index in [1.54, 1.807) is 0 Å². The molecule has 0 saturated heterocycles. The molecule has 2 unspecified atom stereocenters. The Morgan fingerprint density at radius 2 is 0.740 bits per heavy atom. The summed E-state index contributed by atoms with van der Waals surface area (Å²) in [4.78, 5) is 37.9. The fourth-order valence-electron chi connectivity index (χ4n) is 9.34. The second kappa shape index (κ2) is 55.3. The van der Waals surface area contributed by atoms with Crippen LogP contribution in [0.25, 0.3) is 0 Å². The molecule has 9 nitrogen and oxygen atoms in total. The highest BCUT2D eigenvalue weighted by molar-refractivity contribution is 7.45. The summed E-state index contributed by atoms with van der Waals surface area (Å²) >= 11 is 0. The lowest BCUT2D eigenvalue weighted by atomic mass is 10.0. The first-order chi connectivity index (χ1) is 35.5. The van der Waals surface area contributed by atoms with Crippen LogP contribution in [0.5, 0.6) is 0 Å². The Morgan fingerprint density at radius 3 is 1.08 bits per heavy atom. The van der Waals surface area contributed by atoms with E-state index in [4.69, 9.17) is 18.5 Å². The van der Waals surface area contributed by atoms with Gasteiger partial charge in [-0.2, -0.15) is 0 Å². The topological polar surface area (TPSA) is 111 Å². The molecule has 0 aliphatic carbocycles. The van der Waals surface area contributed by atoms with Crippen molar-refractivity contribution < 1.29 is 42.1 Å². The van der Waals surface area contributed by atoms with Gasteiger partial charge in [0.2, 0.25) is 0 Å². The van der Waals surface area contributed by atoms with E-state index in [0.29, 0.717) is 17.4 Å². The van der Waals surface area contributed by atoms with Gasteiger partial charge in [0.1, 0.15) is 19.8 Å². The zero-order valence-corrected chi connectivity index (χ0v) is 50.0. The highest BCUT2D eigenvalue weighted by atomic mass is 31.2. The summed E-state index contributed by atoms with van der Waals surface area (Å²) < 4.78 is 34.2. The first kappa shape index (κ1) is 71.5. The van der Waals surface area contributed by atoms with Gasteiger partial charge in [-0.05, 0) is 44.9 Å². The molecule has 0 saturated carbocycles. The van der Waals surface area contributed by atoms with Gasteiger partial charge in [-0.1, -0.05) is 282 Å². The Labute approximate surface area is 453 Å². The fourth-order valence-corrected chi connectivity index (χ4v) is 10.1. The molecule has 0 spiro atoms. The number of likely N-dealkylation sites (N-methyl/N-ethyl adjacent to an activating group) is 1. The summed E-state index contributed by atoms with van der Waals surface area (Å²) in [5.74, 6) is -0.813. The molecular formula is C63H122NO8P. The number of quaternary nitrogens is 1. The number of allylic oxidation sites excluding steroid dienone is 4. The number of rotatable bonds is 59. The number of ether oxygens (including phenoxy) is 2. The van der Waals surface area contributed by atoms with Crippen LogP contribution in [0.2, 0.25) is 0 Å². The zero-order valence-electron chi connectivity index (χ0n) is 49.1. The molecule has 0 bridgehead atoms. The van der Waals surface area contributed by atoms with Crippen molar-refractivity contribution >= 4 is 19.8 Å². The molecule has 0 N–H and O–H groups in total. The molecule has 0 radical (unpaired) electrons. The van der Waals surface area contributed by atoms with Crippen LogP contribution in [0.3, 0.4) is 0 Å². The SMILES string of the molecule is CCCCCCC/C=C\C/C=C\CCCCCCCCCCCCCCCCCCCCCCCC(=O)OC(COC(=O)CCCCCCCCCCCCCCCCCC)COP(=O)([O-])OCC[N+](C)(C)C. The molecule has 0 aromatic carbocycles. The maximum atomic E-state index is 12.8. The molecule has 0 fully saturated rings. The molecule has 0 aliphatic rings. The summed E-state index contributed by atoms with van der Waals surface area (Å²) in [7, 11) is 1.19. The molecule has 0 aromatic heterocycles. The van der Waals surface area contributed by atoms with Gasteiger partial charge in [0, 0.05) is 12.8 Å². The number of hydrogen-bond donors (Lipinski definition) is 0. The van der Waals surface area contributed by atoms with Gasteiger partial charge in [-0.3, -0.25) is 14.2 Å². The van der Waals surface area contributed by atoms with E-state index < -0.39 is 26.5 Å². The van der Waals surface area contributed by atoms with Crippen molar-refractivity contribution in [1.82, 2.24) is 0 Å². The molecule has 0 aromatic rings. The van der Waals surface area contributed by atoms with Crippen LogP contribution in [-0.4, -0.2) is 70.0 Å². The summed E-state index contributed by atoms with van der Waals surface area (Å²) in [6.07, 6.45) is 66.7. The zero-order chi connectivity index (χ0) is 53.5. The van der Waals surface area contributed by atoms with Crippen LogP contribution in [0.4, 0.5) is 0 Å². The van der Waals surface area contributed by atoms with E-state index in [9.17, 15) is 19.0 Å². The smallest absolute Gasteiger partial charge is 0.306 e. The molecule has 0 rings (SSSR count). The van der Waals surface area contributed by atoms with Crippen molar-refractivity contribution in [2.45, 2.75) is 322 Å². The monoisotopic (exact) mass is 1050 g/mol. The lowest BCUT2D eigenvalue weighted by Gasteiger charge is -2.28. The van der Waals surface area contributed by atoms with E-state index >= 15 is 0 Å². The molecule has 73 heavy (non-hydrogen) atoms. The van der Waals surface area contributed by atoms with Crippen LogP contribution in [0.15, 0.2) is 24.3 Å². The minimum atomic E-state index is -4.63. The Bertz CT molecular complexity index is 1280. The second-order valence-electron chi connectivity index (χ2n) is 22.8. The minimum absolute atomic E-state index is 0.0268. The largest absolute Gasteiger partial charge is 0.756 e. The third-order valence-corrected chi connectivity index (χ3v) is 15.2. The third-order valence-electron chi connectivity index (χ3n) is 14.2. The van der Waals surface area contributed by atoms with Crippen LogP contribution in [-0.2, 0) is 32.7 Å². The number of nitrogens with zero attached hydrogens (tertiary/aromatic N) is 1. The number of phosphoric acid groups is 1. The highest BCUT2D eigenvalue weighted by Crippen LogP contribution is 2.38. The summed E-state index contributed by atoms with van der Waals surface area (Å²) in [6, 6.07) is 0. The number of hydrogen-bond acceptors (Lipinski definition) is 8. The average molecular weight is 1050 g/mol. The first-order valence-corrected chi connectivity index (χ1v) is 33.0. The minimum Gasteiger partial charge on any atom is -0.756 e. The number of esters is 2. The van der Waals surface area contributed by atoms with Crippen molar-refractivity contribution in [3.8, 4) is 0 Å². The van der Waals surface area contributed by atoms with Crippen molar-refractivity contribution in [2.75, 3.05) is 47.5 Å². The maximum Gasteiger partial charge on any atom is 0.306 e. The third kappa shape index (κ3) is 59.6. The van der Waals surface area contributed by atoms with Gasteiger partial charge in [0.05, 0.1) is 27.7 Å². The predicted octanol–water partition coefficient (Wildman–Crippen LogP) is 19.1. The van der Waals surface area contributed by atoms with Crippen LogP contribution >= 0.6 is 7.82 Å². The Balaban J connectivity index is 3.98. The predicted molar refractivity (Wildman–Crippen MR) is 310 cm³/mol. The van der Waals surface area contributed by atoms with Crippen LogP contribution in [0, 0.1) is 0 Å². The Hall–Kier alpha value is -1.51. The van der Waals surface area contributed by atoms with Gasteiger partial charge < -0.3 is 27.9 Å². The molecular weight excluding hydrogens is 930 g/mol. The maximum absolute atomic E-state index is 12.8. The number of unbranched alkanes of at least 4 members (excludes halogenated alkanes) is 41. The van der Waals surface area contributed by atoms with Crippen LogP contribution in [0.1, 0.15) is 316 Å². The van der Waals surface area contributed by atoms with Crippen LogP contribution < -0.4 is 4.89 Å². The molecule has 10 heteroatoms. The average Bonchev–Trinajstić information content (AvgIpc) is 3.35. The van der Waals surface area contributed by atoms with E-state index in [1.807, 2.05) is 21.1 Å². The normalized spacial score (nSPS) is 13.3. The van der Waals surface area contributed by atoms with Gasteiger partial charge >= 0.3 is 11.9 Å². The summed E-state index contributed by atoms with van der Waals surface area (Å²) in [5, 5.41) is 0. The molecule has 2 atom stereocenters. The van der Waals surface area contributed by atoms with Gasteiger partial charge in [-0.25, -0.2) is 0 Å². The molecule has 0 aliphatic heterocycles. The molecule has 432 valence electrons. The number of phosphoric ester groups is 1. The number of carbonyl (C=O) groups excluding carboxylic acids is 2. The van der Waals surface area contributed by atoms with Crippen molar-refractivity contribution in [1.29, 1.82) is 0 Å². The Morgan fingerprint density at radius 1 is 0.425 bits per heavy atom. The standard InChI is InChI=1S/C63H122NO8P/c1-6-8-10-12-14-16-18-20-22-24-25-26-27-28-29-30-31-32-33-34-35-36-37-38-39-40-42-44-46-48-50-52-54-56-63(66)72-61(60-71-73(67,68)70-58-57-64(3,4)5)59-69-62(65)55-53-51-49-47-45-43-41-23-21-19-17-15-13-11-9-7-2/h18,20,24-25,61H,6-17,19,21-23,26-60H2,1-5H3/b20-18-,25-24-.